The topological polar surface area (TPSA) is 75.4 Å². The molecule has 5 nitrogen and oxygen atoms in total. The van der Waals surface area contributed by atoms with Gasteiger partial charge in [-0.05, 0) is 35.2 Å². The first-order valence-electron chi connectivity index (χ1n) is 8.57. The Labute approximate surface area is 147 Å². The van der Waals surface area contributed by atoms with E-state index >= 15 is 0 Å². The van der Waals surface area contributed by atoms with Gasteiger partial charge in [0.05, 0.1) is 6.42 Å². The van der Waals surface area contributed by atoms with Crippen LogP contribution in [0.1, 0.15) is 29.5 Å². The number of nitrogens with zero attached hydrogens (tertiary/aromatic N) is 1. The number of hydrogen-bond acceptors (Lipinski definition) is 3. The second kappa shape index (κ2) is 7.83. The van der Waals surface area contributed by atoms with E-state index in [1.807, 2.05) is 29.2 Å². The monoisotopic (exact) mass is 337 g/mol. The highest BCUT2D eigenvalue weighted by atomic mass is 16.2. The Hall–Kier alpha value is -2.82. The van der Waals surface area contributed by atoms with Crippen LogP contribution in [0.4, 0.5) is 5.69 Å². The molecule has 1 aliphatic rings. The van der Waals surface area contributed by atoms with Gasteiger partial charge in [0, 0.05) is 31.7 Å². The molecular formula is C20H23N3O2. The minimum absolute atomic E-state index is 0.0363. The van der Waals surface area contributed by atoms with Crippen LogP contribution in [0.15, 0.2) is 48.5 Å². The molecule has 0 aliphatic carbocycles. The van der Waals surface area contributed by atoms with E-state index in [0.717, 1.165) is 5.56 Å². The van der Waals surface area contributed by atoms with Crippen molar-refractivity contribution < 1.29 is 9.59 Å². The van der Waals surface area contributed by atoms with Gasteiger partial charge in [-0.1, -0.05) is 36.4 Å². The third-order valence-electron chi connectivity index (χ3n) is 4.43. The third kappa shape index (κ3) is 4.59. The van der Waals surface area contributed by atoms with Crippen molar-refractivity contribution in [3.8, 4) is 0 Å². The zero-order valence-corrected chi connectivity index (χ0v) is 14.2. The Morgan fingerprint density at radius 3 is 2.28 bits per heavy atom. The molecule has 1 aliphatic heterocycles. The SMILES string of the molecule is Nc1ccc(CC(=O)NCCCC(=O)N2Cc3ccccc3C2)cc1. The predicted molar refractivity (Wildman–Crippen MR) is 97.5 cm³/mol. The summed E-state index contributed by atoms with van der Waals surface area (Å²) >= 11 is 0. The molecule has 0 saturated carbocycles. The molecule has 1 heterocycles. The fourth-order valence-electron chi connectivity index (χ4n) is 3.02. The Morgan fingerprint density at radius 2 is 1.64 bits per heavy atom. The third-order valence-corrected chi connectivity index (χ3v) is 4.43. The number of carbonyl (C=O) groups excluding carboxylic acids is 2. The van der Waals surface area contributed by atoms with Gasteiger partial charge in [-0.3, -0.25) is 9.59 Å². The molecule has 3 N–H and O–H groups in total. The standard InChI is InChI=1S/C20H23N3O2/c21-18-9-7-15(8-10-18)12-19(24)22-11-3-6-20(25)23-13-16-4-1-2-5-17(16)14-23/h1-2,4-5,7-10H,3,6,11-14,21H2,(H,22,24). The molecule has 0 atom stereocenters. The van der Waals surface area contributed by atoms with E-state index in [-0.39, 0.29) is 11.8 Å². The number of carbonyl (C=O) groups is 2. The van der Waals surface area contributed by atoms with Gasteiger partial charge in [-0.2, -0.15) is 0 Å². The first-order chi connectivity index (χ1) is 12.1. The summed E-state index contributed by atoms with van der Waals surface area (Å²) in [5, 5.41) is 2.87. The van der Waals surface area contributed by atoms with Gasteiger partial charge in [-0.15, -0.1) is 0 Å². The number of nitrogens with one attached hydrogen (secondary N) is 1. The van der Waals surface area contributed by atoms with E-state index in [1.165, 1.54) is 11.1 Å². The summed E-state index contributed by atoms with van der Waals surface area (Å²) in [6.07, 6.45) is 1.44. The van der Waals surface area contributed by atoms with Gasteiger partial charge in [0.2, 0.25) is 11.8 Å². The average molecular weight is 337 g/mol. The van der Waals surface area contributed by atoms with Gasteiger partial charge < -0.3 is 16.0 Å². The number of anilines is 1. The summed E-state index contributed by atoms with van der Waals surface area (Å²) in [4.78, 5) is 26.1. The lowest BCUT2D eigenvalue weighted by Gasteiger charge is -2.15. The van der Waals surface area contributed by atoms with E-state index in [2.05, 4.69) is 17.4 Å². The lowest BCUT2D eigenvalue weighted by molar-refractivity contribution is -0.132. The first-order valence-corrected chi connectivity index (χ1v) is 8.57. The molecule has 5 heteroatoms. The molecular weight excluding hydrogens is 314 g/mol. The summed E-state index contributed by atoms with van der Waals surface area (Å²) in [5.74, 6) is 0.106. The van der Waals surface area contributed by atoms with Crippen molar-refractivity contribution in [2.75, 3.05) is 12.3 Å². The molecule has 130 valence electrons. The van der Waals surface area contributed by atoms with Crippen LogP contribution in [-0.4, -0.2) is 23.3 Å². The molecule has 0 spiro atoms. The Balaban J connectivity index is 1.35. The van der Waals surface area contributed by atoms with Crippen LogP contribution >= 0.6 is 0 Å². The predicted octanol–water partition coefficient (Wildman–Crippen LogP) is 2.25. The molecule has 0 radical (unpaired) electrons. The van der Waals surface area contributed by atoms with E-state index in [4.69, 9.17) is 5.73 Å². The molecule has 0 unspecified atom stereocenters. The number of benzene rings is 2. The van der Waals surface area contributed by atoms with Crippen LogP contribution in [0.3, 0.4) is 0 Å². The fourth-order valence-corrected chi connectivity index (χ4v) is 3.02. The van der Waals surface area contributed by atoms with Crippen LogP contribution in [0.2, 0.25) is 0 Å². The van der Waals surface area contributed by atoms with Crippen LogP contribution in [-0.2, 0) is 29.1 Å². The highest BCUT2D eigenvalue weighted by Gasteiger charge is 2.22. The first kappa shape index (κ1) is 17.0. The average Bonchev–Trinajstić information content (AvgIpc) is 3.05. The fraction of sp³-hybridized carbons (Fsp3) is 0.300. The highest BCUT2D eigenvalue weighted by Crippen LogP contribution is 2.22. The van der Waals surface area contributed by atoms with Gasteiger partial charge in [-0.25, -0.2) is 0 Å². The van der Waals surface area contributed by atoms with Crippen molar-refractivity contribution in [1.29, 1.82) is 0 Å². The van der Waals surface area contributed by atoms with Crippen molar-refractivity contribution in [2.45, 2.75) is 32.4 Å². The molecule has 2 amide bonds. The Kier molecular flexibility index (Phi) is 5.33. The van der Waals surface area contributed by atoms with Gasteiger partial charge in [0.15, 0.2) is 0 Å². The summed E-state index contributed by atoms with van der Waals surface area (Å²) < 4.78 is 0. The minimum Gasteiger partial charge on any atom is -0.399 e. The number of nitrogen functional groups attached to an aromatic ring is 1. The van der Waals surface area contributed by atoms with Crippen molar-refractivity contribution in [2.24, 2.45) is 0 Å². The van der Waals surface area contributed by atoms with E-state index in [1.54, 1.807) is 12.1 Å². The second-order valence-electron chi connectivity index (χ2n) is 6.39. The lowest BCUT2D eigenvalue weighted by atomic mass is 10.1. The van der Waals surface area contributed by atoms with Crippen LogP contribution < -0.4 is 11.1 Å². The largest absolute Gasteiger partial charge is 0.399 e. The molecule has 2 aromatic carbocycles. The Bertz CT molecular complexity index is 731. The number of hydrogen-bond donors (Lipinski definition) is 2. The van der Waals surface area contributed by atoms with E-state index in [0.29, 0.717) is 44.6 Å². The molecule has 25 heavy (non-hydrogen) atoms. The van der Waals surface area contributed by atoms with Gasteiger partial charge in [0.1, 0.15) is 0 Å². The van der Waals surface area contributed by atoms with Crippen molar-refractivity contribution in [3.63, 3.8) is 0 Å². The normalized spacial score (nSPS) is 12.7. The second-order valence-corrected chi connectivity index (χ2v) is 6.39. The van der Waals surface area contributed by atoms with Crippen molar-refractivity contribution in [1.82, 2.24) is 10.2 Å². The maximum Gasteiger partial charge on any atom is 0.224 e. The molecule has 0 aromatic heterocycles. The molecule has 3 rings (SSSR count). The summed E-state index contributed by atoms with van der Waals surface area (Å²) in [6, 6.07) is 15.4. The number of amides is 2. The molecule has 0 bridgehead atoms. The summed E-state index contributed by atoms with van der Waals surface area (Å²) in [5.41, 5.74) is 9.70. The minimum atomic E-state index is -0.0363. The zero-order chi connectivity index (χ0) is 17.6. The number of nitrogens with two attached hydrogens (primary N) is 1. The van der Waals surface area contributed by atoms with E-state index < -0.39 is 0 Å². The summed E-state index contributed by atoms with van der Waals surface area (Å²) in [6.45, 7) is 1.90. The van der Waals surface area contributed by atoms with Gasteiger partial charge in [0.25, 0.3) is 0 Å². The molecule has 0 saturated heterocycles. The highest BCUT2D eigenvalue weighted by molar-refractivity contribution is 5.79. The van der Waals surface area contributed by atoms with Crippen LogP contribution in [0.5, 0.6) is 0 Å². The van der Waals surface area contributed by atoms with Gasteiger partial charge >= 0.3 is 0 Å². The molecule has 2 aromatic rings. The quantitative estimate of drug-likeness (QED) is 0.627. The van der Waals surface area contributed by atoms with Crippen LogP contribution in [0.25, 0.3) is 0 Å². The van der Waals surface area contributed by atoms with E-state index in [9.17, 15) is 9.59 Å². The molecule has 0 fully saturated rings. The number of fused-ring (bicyclic) bond motifs is 1. The Morgan fingerprint density at radius 1 is 1.00 bits per heavy atom. The van der Waals surface area contributed by atoms with Crippen molar-refractivity contribution >= 4 is 17.5 Å². The smallest absolute Gasteiger partial charge is 0.224 e. The van der Waals surface area contributed by atoms with Crippen LogP contribution in [0, 0.1) is 0 Å². The zero-order valence-electron chi connectivity index (χ0n) is 14.2. The lowest BCUT2D eigenvalue weighted by Crippen LogP contribution is -2.29. The maximum atomic E-state index is 12.3. The van der Waals surface area contributed by atoms with Crippen molar-refractivity contribution in [3.05, 3.63) is 65.2 Å². The summed E-state index contributed by atoms with van der Waals surface area (Å²) in [7, 11) is 0. The maximum absolute atomic E-state index is 12.3. The number of rotatable bonds is 6.